The van der Waals surface area contributed by atoms with Crippen molar-refractivity contribution in [2.75, 3.05) is 4.90 Å². The first-order valence-corrected chi connectivity index (χ1v) is 9.81. The summed E-state index contributed by atoms with van der Waals surface area (Å²) in [4.78, 5) is 27.1. The molecule has 0 fully saturated rings. The third-order valence-corrected chi connectivity index (χ3v) is 5.28. The molecule has 1 N–H and O–H groups in total. The van der Waals surface area contributed by atoms with Gasteiger partial charge in [-0.05, 0) is 36.2 Å². The second kappa shape index (κ2) is 8.52. The van der Waals surface area contributed by atoms with Gasteiger partial charge in [-0.15, -0.1) is 0 Å². The van der Waals surface area contributed by atoms with Gasteiger partial charge >= 0.3 is 0 Å². The molecule has 0 aliphatic carbocycles. The zero-order chi connectivity index (χ0) is 22.0. The van der Waals surface area contributed by atoms with E-state index in [4.69, 9.17) is 0 Å². The maximum atomic E-state index is 14.7. The number of rotatable bonds is 6. The summed E-state index contributed by atoms with van der Waals surface area (Å²) in [6.45, 7) is 0. The number of hydrogen-bond donors (Lipinski definition) is 1. The predicted molar refractivity (Wildman–Crippen MR) is 112 cm³/mol. The molecule has 3 aromatic rings. The van der Waals surface area contributed by atoms with E-state index in [1.54, 1.807) is 6.07 Å². The quantitative estimate of drug-likeness (QED) is 0.607. The van der Waals surface area contributed by atoms with Gasteiger partial charge < -0.3 is 5.11 Å². The molecule has 6 heteroatoms. The van der Waals surface area contributed by atoms with E-state index in [0.29, 0.717) is 6.42 Å². The largest absolute Gasteiger partial charge is 0.503 e. The molecule has 1 atom stereocenters. The monoisotopic (exact) mass is 419 g/mol. The highest BCUT2D eigenvalue weighted by atomic mass is 19.1. The molecular formula is C25H19F2NO3. The molecule has 1 amide bonds. The minimum Gasteiger partial charge on any atom is -0.503 e. The van der Waals surface area contributed by atoms with E-state index >= 15 is 0 Å². The Morgan fingerprint density at radius 2 is 1.65 bits per heavy atom. The number of Topliss-reactive ketones (excluding diaryl/α,β-unsaturated/α-hetero) is 1. The first kappa shape index (κ1) is 20.5. The van der Waals surface area contributed by atoms with Crippen molar-refractivity contribution in [3.63, 3.8) is 0 Å². The van der Waals surface area contributed by atoms with Crippen molar-refractivity contribution < 1.29 is 23.5 Å². The van der Waals surface area contributed by atoms with Crippen molar-refractivity contribution in [3.05, 3.63) is 113 Å². The topological polar surface area (TPSA) is 57.6 Å². The number of carbonyl (C=O) groups is 2. The lowest BCUT2D eigenvalue weighted by Crippen LogP contribution is -2.31. The van der Waals surface area contributed by atoms with Crippen LogP contribution in [-0.2, 0) is 16.0 Å². The Morgan fingerprint density at radius 3 is 2.35 bits per heavy atom. The number of halogens is 2. The fraction of sp³-hybridized carbons (Fsp3) is 0.120. The first-order chi connectivity index (χ1) is 15.0. The van der Waals surface area contributed by atoms with Crippen LogP contribution in [0.2, 0.25) is 0 Å². The number of carbonyl (C=O) groups excluding carboxylic acids is 2. The third kappa shape index (κ3) is 3.97. The summed E-state index contributed by atoms with van der Waals surface area (Å²) in [7, 11) is 0. The van der Waals surface area contributed by atoms with Crippen molar-refractivity contribution in [3.8, 4) is 0 Å². The molecule has 0 saturated carbocycles. The lowest BCUT2D eigenvalue weighted by molar-refractivity contribution is -0.118. The Balaban J connectivity index is 1.75. The molecule has 3 aromatic carbocycles. The Labute approximate surface area is 178 Å². The van der Waals surface area contributed by atoms with Crippen LogP contribution in [0, 0.1) is 11.6 Å². The van der Waals surface area contributed by atoms with Gasteiger partial charge in [0.25, 0.3) is 5.91 Å². The summed E-state index contributed by atoms with van der Waals surface area (Å²) in [5.74, 6) is -3.31. The zero-order valence-electron chi connectivity index (χ0n) is 16.5. The number of hydrogen-bond acceptors (Lipinski definition) is 3. The standard InChI is InChI=1S/C25H19F2NO3/c26-17-9-6-10-18(15-17)28-23(19-11-4-5-12-20(19)27)22(24(30)25(28)31)21(29)14-13-16-7-2-1-3-8-16/h1-12,15,23,30H,13-14H2. The molecule has 0 radical (unpaired) electrons. The Kier molecular flexibility index (Phi) is 5.62. The molecule has 0 bridgehead atoms. The summed E-state index contributed by atoms with van der Waals surface area (Å²) in [5.41, 5.74) is 0.905. The fourth-order valence-electron chi connectivity index (χ4n) is 3.81. The summed E-state index contributed by atoms with van der Waals surface area (Å²) in [6.07, 6.45) is 0.424. The first-order valence-electron chi connectivity index (χ1n) is 9.81. The molecule has 1 unspecified atom stereocenters. The molecule has 0 spiro atoms. The van der Waals surface area contributed by atoms with Crippen LogP contribution < -0.4 is 4.90 Å². The maximum absolute atomic E-state index is 14.7. The van der Waals surface area contributed by atoms with Gasteiger partial charge in [0.2, 0.25) is 0 Å². The van der Waals surface area contributed by atoms with E-state index in [0.717, 1.165) is 16.5 Å². The highest BCUT2D eigenvalue weighted by molar-refractivity contribution is 6.16. The number of aliphatic hydroxyl groups excluding tert-OH is 1. The molecular weight excluding hydrogens is 400 g/mol. The number of ketones is 1. The zero-order valence-corrected chi connectivity index (χ0v) is 16.5. The third-order valence-electron chi connectivity index (χ3n) is 5.28. The van der Waals surface area contributed by atoms with E-state index < -0.39 is 35.1 Å². The second-order valence-electron chi connectivity index (χ2n) is 7.25. The summed E-state index contributed by atoms with van der Waals surface area (Å²) >= 11 is 0. The van der Waals surface area contributed by atoms with Gasteiger partial charge in [-0.25, -0.2) is 8.78 Å². The molecule has 4 rings (SSSR count). The van der Waals surface area contributed by atoms with Crippen LogP contribution in [0.1, 0.15) is 23.6 Å². The van der Waals surface area contributed by atoms with E-state index in [9.17, 15) is 23.5 Å². The van der Waals surface area contributed by atoms with Gasteiger partial charge in [0.1, 0.15) is 11.6 Å². The molecule has 1 aliphatic heterocycles. The Hall–Kier alpha value is -3.80. The van der Waals surface area contributed by atoms with E-state index in [1.807, 2.05) is 30.3 Å². The SMILES string of the molecule is O=C(CCc1ccccc1)C1=C(O)C(=O)N(c2cccc(F)c2)C1c1ccccc1F. The predicted octanol–water partition coefficient (Wildman–Crippen LogP) is 5.07. The van der Waals surface area contributed by atoms with Crippen molar-refractivity contribution in [1.29, 1.82) is 0 Å². The second-order valence-corrected chi connectivity index (χ2v) is 7.25. The summed E-state index contributed by atoms with van der Waals surface area (Å²) < 4.78 is 28.6. The maximum Gasteiger partial charge on any atom is 0.294 e. The average molecular weight is 419 g/mol. The average Bonchev–Trinajstić information content (AvgIpc) is 3.04. The van der Waals surface area contributed by atoms with Gasteiger partial charge in [0.15, 0.2) is 11.5 Å². The lowest BCUT2D eigenvalue weighted by Gasteiger charge is -2.27. The number of aryl methyl sites for hydroxylation is 1. The van der Waals surface area contributed by atoms with Crippen LogP contribution in [0.4, 0.5) is 14.5 Å². The highest BCUT2D eigenvalue weighted by Gasteiger charge is 2.45. The molecule has 4 nitrogen and oxygen atoms in total. The number of nitrogens with zero attached hydrogens (tertiary/aromatic N) is 1. The number of amides is 1. The van der Waals surface area contributed by atoms with Gasteiger partial charge in [-0.3, -0.25) is 14.5 Å². The van der Waals surface area contributed by atoms with Crippen molar-refractivity contribution in [1.82, 2.24) is 0 Å². The van der Waals surface area contributed by atoms with Crippen LogP contribution in [0.25, 0.3) is 0 Å². The molecule has 31 heavy (non-hydrogen) atoms. The van der Waals surface area contributed by atoms with E-state index in [2.05, 4.69) is 0 Å². The van der Waals surface area contributed by atoms with E-state index in [-0.39, 0.29) is 23.2 Å². The van der Waals surface area contributed by atoms with Crippen LogP contribution in [0.15, 0.2) is 90.2 Å². The minimum atomic E-state index is -1.20. The Bertz CT molecular complexity index is 1170. The summed E-state index contributed by atoms with van der Waals surface area (Å²) in [6, 6.07) is 19.0. The van der Waals surface area contributed by atoms with Gasteiger partial charge in [-0.1, -0.05) is 54.6 Å². The van der Waals surface area contributed by atoms with Gasteiger partial charge in [0, 0.05) is 17.7 Å². The summed E-state index contributed by atoms with van der Waals surface area (Å²) in [5, 5.41) is 10.6. The van der Waals surface area contributed by atoms with Crippen LogP contribution in [-0.4, -0.2) is 16.8 Å². The minimum absolute atomic E-state index is 0.0264. The van der Waals surface area contributed by atoms with Crippen molar-refractivity contribution >= 4 is 17.4 Å². The van der Waals surface area contributed by atoms with Gasteiger partial charge in [-0.2, -0.15) is 0 Å². The van der Waals surface area contributed by atoms with Crippen molar-refractivity contribution in [2.45, 2.75) is 18.9 Å². The molecule has 1 aliphatic rings. The van der Waals surface area contributed by atoms with Gasteiger partial charge in [0.05, 0.1) is 11.6 Å². The van der Waals surface area contributed by atoms with E-state index in [1.165, 1.54) is 36.4 Å². The number of anilines is 1. The molecule has 0 aromatic heterocycles. The number of aliphatic hydroxyl groups is 1. The van der Waals surface area contributed by atoms with Crippen LogP contribution >= 0.6 is 0 Å². The fourth-order valence-corrected chi connectivity index (χ4v) is 3.81. The smallest absolute Gasteiger partial charge is 0.294 e. The molecule has 1 heterocycles. The van der Waals surface area contributed by atoms with Crippen LogP contribution in [0.5, 0.6) is 0 Å². The Morgan fingerprint density at radius 1 is 0.935 bits per heavy atom. The molecule has 0 saturated heterocycles. The lowest BCUT2D eigenvalue weighted by atomic mass is 9.92. The van der Waals surface area contributed by atoms with Crippen LogP contribution in [0.3, 0.4) is 0 Å². The number of benzene rings is 3. The van der Waals surface area contributed by atoms with Crippen molar-refractivity contribution in [2.24, 2.45) is 0 Å². The molecule has 156 valence electrons. The highest BCUT2D eigenvalue weighted by Crippen LogP contribution is 2.42. The normalized spacial score (nSPS) is 16.1.